The van der Waals surface area contributed by atoms with Gasteiger partial charge in [0.2, 0.25) is 0 Å². The first-order valence-corrected chi connectivity index (χ1v) is 20.1. The number of hydrogen-bond acceptors (Lipinski definition) is 1. The maximum atomic E-state index is 2.55. The van der Waals surface area contributed by atoms with E-state index in [9.17, 15) is 0 Å². The van der Waals surface area contributed by atoms with Crippen LogP contribution in [0.25, 0.3) is 54.9 Å². The number of benzene rings is 10. The number of rotatable bonds is 7. The SMILES string of the molecule is c1ccc(-c2cc(-c3ccccc3)cc(N(c3cccc4c3-c3ccccc3C4(c3ccccc3)c3ccccc3)c3cc4ccccc4c4ccccc34)c2)cc1. The summed E-state index contributed by atoms with van der Waals surface area (Å²) >= 11 is 0. The summed E-state index contributed by atoms with van der Waals surface area (Å²) in [5.41, 5.74) is 15.1. The molecule has 0 radical (unpaired) electrons. The highest BCUT2D eigenvalue weighted by Crippen LogP contribution is 2.60. The van der Waals surface area contributed by atoms with Gasteiger partial charge >= 0.3 is 0 Å². The first-order chi connectivity index (χ1) is 28.8. The predicted molar refractivity (Wildman–Crippen MR) is 244 cm³/mol. The molecular formula is C57H39N. The van der Waals surface area contributed by atoms with Gasteiger partial charge < -0.3 is 4.90 Å². The Kier molecular flexibility index (Phi) is 8.12. The van der Waals surface area contributed by atoms with E-state index >= 15 is 0 Å². The van der Waals surface area contributed by atoms with Gasteiger partial charge in [-0.2, -0.15) is 0 Å². The van der Waals surface area contributed by atoms with Gasteiger partial charge in [0.1, 0.15) is 0 Å². The maximum Gasteiger partial charge on any atom is 0.0714 e. The monoisotopic (exact) mass is 737 g/mol. The van der Waals surface area contributed by atoms with E-state index in [2.05, 4.69) is 241 Å². The summed E-state index contributed by atoms with van der Waals surface area (Å²) in [6.45, 7) is 0. The summed E-state index contributed by atoms with van der Waals surface area (Å²) in [7, 11) is 0. The molecule has 0 N–H and O–H groups in total. The van der Waals surface area contributed by atoms with E-state index in [0.29, 0.717) is 0 Å². The minimum atomic E-state index is -0.525. The molecule has 1 aliphatic carbocycles. The molecule has 0 unspecified atom stereocenters. The standard InChI is InChI=1S/C57H39N/c1-5-20-40(21-6-1)43-36-44(41-22-7-2-8-23-41)38-47(37-43)58(55-39-42-24-13-14-29-48(42)49-30-15-16-31-50(49)55)54-35-19-34-53-56(54)51-32-17-18-33-52(51)57(53,45-25-9-3-10-26-45)46-27-11-4-12-28-46/h1-39H. The average Bonchev–Trinajstić information content (AvgIpc) is 3.62. The van der Waals surface area contributed by atoms with Gasteiger partial charge in [0.15, 0.2) is 0 Å². The Bertz CT molecular complexity index is 3000. The molecule has 0 bridgehead atoms. The van der Waals surface area contributed by atoms with E-state index in [-0.39, 0.29) is 0 Å². The number of fused-ring (bicyclic) bond motifs is 6. The lowest BCUT2D eigenvalue weighted by Gasteiger charge is -2.34. The molecule has 0 saturated heterocycles. The summed E-state index contributed by atoms with van der Waals surface area (Å²) in [6.07, 6.45) is 0. The molecule has 0 fully saturated rings. The van der Waals surface area contributed by atoms with Crippen LogP contribution in [0, 0.1) is 0 Å². The largest absolute Gasteiger partial charge is 0.309 e. The van der Waals surface area contributed by atoms with E-state index in [1.165, 1.54) is 77.2 Å². The molecule has 0 aliphatic heterocycles. The summed E-state index contributed by atoms with van der Waals surface area (Å²) in [5.74, 6) is 0. The van der Waals surface area contributed by atoms with Crippen LogP contribution in [0.3, 0.4) is 0 Å². The van der Waals surface area contributed by atoms with Crippen molar-refractivity contribution in [2.45, 2.75) is 5.41 Å². The molecule has 0 saturated carbocycles. The topological polar surface area (TPSA) is 3.24 Å². The van der Waals surface area contributed by atoms with Gasteiger partial charge in [-0.1, -0.05) is 206 Å². The molecule has 10 aromatic carbocycles. The summed E-state index contributed by atoms with van der Waals surface area (Å²) in [4.78, 5) is 2.55. The Hall–Kier alpha value is -7.48. The Morgan fingerprint density at radius 3 is 1.45 bits per heavy atom. The number of hydrogen-bond donors (Lipinski definition) is 0. The van der Waals surface area contributed by atoms with Crippen LogP contribution in [0.15, 0.2) is 237 Å². The Balaban J connectivity index is 1.29. The molecule has 0 spiro atoms. The summed E-state index contributed by atoms with van der Waals surface area (Å²) in [6, 6.07) is 87.0. The third kappa shape index (κ3) is 5.32. The maximum absolute atomic E-state index is 2.55. The highest BCUT2D eigenvalue weighted by atomic mass is 15.1. The lowest BCUT2D eigenvalue weighted by Crippen LogP contribution is -2.28. The van der Waals surface area contributed by atoms with Gasteiger partial charge in [-0.25, -0.2) is 0 Å². The summed E-state index contributed by atoms with van der Waals surface area (Å²) in [5, 5.41) is 4.90. The van der Waals surface area contributed by atoms with Crippen LogP contribution in [-0.2, 0) is 5.41 Å². The van der Waals surface area contributed by atoms with Crippen molar-refractivity contribution in [2.24, 2.45) is 0 Å². The molecule has 0 aromatic heterocycles. The molecule has 11 rings (SSSR count). The molecule has 10 aromatic rings. The van der Waals surface area contributed by atoms with E-state index < -0.39 is 5.41 Å². The molecule has 1 nitrogen and oxygen atoms in total. The third-order valence-corrected chi connectivity index (χ3v) is 12.1. The van der Waals surface area contributed by atoms with Gasteiger partial charge in [-0.15, -0.1) is 0 Å². The van der Waals surface area contributed by atoms with E-state index in [0.717, 1.165) is 17.1 Å². The zero-order valence-electron chi connectivity index (χ0n) is 32.0. The second kappa shape index (κ2) is 13.9. The van der Waals surface area contributed by atoms with Crippen LogP contribution >= 0.6 is 0 Å². The Morgan fingerprint density at radius 2 is 0.810 bits per heavy atom. The highest BCUT2D eigenvalue weighted by molar-refractivity contribution is 6.15. The van der Waals surface area contributed by atoms with Crippen molar-refractivity contribution >= 4 is 38.6 Å². The van der Waals surface area contributed by atoms with Crippen LogP contribution < -0.4 is 4.90 Å². The molecule has 1 heteroatoms. The zero-order chi connectivity index (χ0) is 38.5. The fourth-order valence-electron chi connectivity index (χ4n) is 9.62. The lowest BCUT2D eigenvalue weighted by atomic mass is 9.68. The minimum absolute atomic E-state index is 0.525. The molecule has 0 heterocycles. The van der Waals surface area contributed by atoms with Gasteiger partial charge in [0.05, 0.1) is 16.8 Å². The average molecular weight is 738 g/mol. The van der Waals surface area contributed by atoms with Crippen molar-refractivity contribution < 1.29 is 0 Å². The molecule has 1 aliphatic rings. The molecular weight excluding hydrogens is 699 g/mol. The molecule has 0 amide bonds. The van der Waals surface area contributed by atoms with Gasteiger partial charge in [0, 0.05) is 16.6 Å². The fraction of sp³-hybridized carbons (Fsp3) is 0.0175. The first kappa shape index (κ1) is 33.8. The van der Waals surface area contributed by atoms with Gasteiger partial charge in [0.25, 0.3) is 0 Å². The van der Waals surface area contributed by atoms with E-state index in [4.69, 9.17) is 0 Å². The zero-order valence-corrected chi connectivity index (χ0v) is 32.0. The van der Waals surface area contributed by atoms with Crippen molar-refractivity contribution in [2.75, 3.05) is 4.90 Å². The first-order valence-electron chi connectivity index (χ1n) is 20.1. The van der Waals surface area contributed by atoms with Crippen molar-refractivity contribution in [1.29, 1.82) is 0 Å². The van der Waals surface area contributed by atoms with Crippen LogP contribution in [0.4, 0.5) is 17.1 Å². The highest BCUT2D eigenvalue weighted by Gasteiger charge is 2.47. The predicted octanol–water partition coefficient (Wildman–Crippen LogP) is 15.2. The summed E-state index contributed by atoms with van der Waals surface area (Å²) < 4.78 is 0. The second-order valence-corrected chi connectivity index (χ2v) is 15.2. The molecule has 58 heavy (non-hydrogen) atoms. The smallest absolute Gasteiger partial charge is 0.0714 e. The van der Waals surface area contributed by atoms with Crippen LogP contribution in [0.1, 0.15) is 22.3 Å². The molecule has 272 valence electrons. The Labute approximate surface area is 339 Å². The second-order valence-electron chi connectivity index (χ2n) is 15.2. The van der Waals surface area contributed by atoms with E-state index in [1.54, 1.807) is 0 Å². The van der Waals surface area contributed by atoms with Crippen molar-refractivity contribution in [3.63, 3.8) is 0 Å². The van der Waals surface area contributed by atoms with Crippen LogP contribution in [0.5, 0.6) is 0 Å². The van der Waals surface area contributed by atoms with Gasteiger partial charge in [-0.3, -0.25) is 0 Å². The van der Waals surface area contributed by atoms with Crippen molar-refractivity contribution in [3.8, 4) is 33.4 Å². The van der Waals surface area contributed by atoms with E-state index in [1.807, 2.05) is 0 Å². The molecule has 0 atom stereocenters. The van der Waals surface area contributed by atoms with Gasteiger partial charge in [-0.05, 0) is 96.6 Å². The number of nitrogens with zero attached hydrogens (tertiary/aromatic N) is 1. The Morgan fingerprint density at radius 1 is 0.310 bits per heavy atom. The fourth-order valence-corrected chi connectivity index (χ4v) is 9.62. The lowest BCUT2D eigenvalue weighted by molar-refractivity contribution is 0.768. The minimum Gasteiger partial charge on any atom is -0.309 e. The van der Waals surface area contributed by atoms with Crippen molar-refractivity contribution in [1.82, 2.24) is 0 Å². The van der Waals surface area contributed by atoms with Crippen LogP contribution in [-0.4, -0.2) is 0 Å². The third-order valence-electron chi connectivity index (χ3n) is 12.1. The van der Waals surface area contributed by atoms with Crippen molar-refractivity contribution in [3.05, 3.63) is 259 Å². The number of anilines is 3. The normalized spacial score (nSPS) is 12.6. The van der Waals surface area contributed by atoms with Crippen LogP contribution in [0.2, 0.25) is 0 Å². The quantitative estimate of drug-likeness (QED) is 0.147.